The third-order valence-electron chi connectivity index (χ3n) is 5.76. The van der Waals surface area contributed by atoms with Gasteiger partial charge in [0.15, 0.2) is 0 Å². The van der Waals surface area contributed by atoms with Crippen LogP contribution >= 0.6 is 0 Å². The molecule has 2 heterocycles. The minimum absolute atomic E-state index is 0.201. The second-order valence-corrected chi connectivity index (χ2v) is 7.85. The van der Waals surface area contributed by atoms with Crippen LogP contribution in [-0.2, 0) is 11.3 Å². The topological polar surface area (TPSA) is 64.6 Å². The Morgan fingerprint density at radius 3 is 2.64 bits per heavy atom. The second kappa shape index (κ2) is 8.71. The number of hydrogen-bond acceptors (Lipinski definition) is 4. The lowest BCUT2D eigenvalue weighted by Gasteiger charge is -2.11. The monoisotopic (exact) mass is 437 g/mol. The molecule has 164 valence electrons. The minimum Gasteiger partial charge on any atom is -0.496 e. The van der Waals surface area contributed by atoms with Gasteiger partial charge in [-0.15, -0.1) is 0 Å². The summed E-state index contributed by atoms with van der Waals surface area (Å²) in [4.78, 5) is 12.5. The van der Waals surface area contributed by atoms with Gasteiger partial charge in [0.1, 0.15) is 17.1 Å². The van der Waals surface area contributed by atoms with Crippen LogP contribution in [0, 0.1) is 0 Å². The highest BCUT2D eigenvalue weighted by molar-refractivity contribution is 6.06. The molecule has 33 heavy (non-hydrogen) atoms. The van der Waals surface area contributed by atoms with E-state index in [9.17, 15) is 4.79 Å². The summed E-state index contributed by atoms with van der Waals surface area (Å²) in [6, 6.07) is 22.1. The van der Waals surface area contributed by atoms with E-state index in [0.717, 1.165) is 38.6 Å². The zero-order chi connectivity index (χ0) is 22.8. The molecule has 0 saturated heterocycles. The Bertz CT molecular complexity index is 1470. The first kappa shape index (κ1) is 20.6. The maximum atomic E-state index is 12.5. The number of rotatable bonds is 6. The standard InChI is InChI=1S/C28H23NO4/c1-18(13-28(30)29-16-20-9-6-12-32-20)23-14-24-25(17-33-27(24)15-26(23)31-2)22-11-5-8-19-7-3-4-10-21(19)22/h3-15,17H,16H2,1-2H3,(H,29,30)/b18-13+. The normalized spacial score (nSPS) is 11.8. The zero-order valence-corrected chi connectivity index (χ0v) is 18.4. The van der Waals surface area contributed by atoms with Crippen molar-refractivity contribution in [1.82, 2.24) is 5.32 Å². The Balaban J connectivity index is 1.54. The summed E-state index contributed by atoms with van der Waals surface area (Å²) in [6.07, 6.45) is 4.94. The van der Waals surface area contributed by atoms with Gasteiger partial charge in [-0.3, -0.25) is 4.79 Å². The summed E-state index contributed by atoms with van der Waals surface area (Å²) in [6.45, 7) is 2.23. The van der Waals surface area contributed by atoms with E-state index < -0.39 is 0 Å². The van der Waals surface area contributed by atoms with E-state index in [-0.39, 0.29) is 5.91 Å². The van der Waals surface area contributed by atoms with E-state index in [1.54, 1.807) is 31.8 Å². The maximum Gasteiger partial charge on any atom is 0.244 e. The van der Waals surface area contributed by atoms with Crippen LogP contribution < -0.4 is 10.1 Å². The Kier molecular flexibility index (Phi) is 5.45. The van der Waals surface area contributed by atoms with Crippen LogP contribution in [0.5, 0.6) is 5.75 Å². The maximum absolute atomic E-state index is 12.5. The molecule has 0 spiro atoms. The fourth-order valence-electron chi connectivity index (χ4n) is 4.11. The van der Waals surface area contributed by atoms with Gasteiger partial charge >= 0.3 is 0 Å². The van der Waals surface area contributed by atoms with Crippen LogP contribution in [0.1, 0.15) is 18.2 Å². The summed E-state index contributed by atoms with van der Waals surface area (Å²) in [5.74, 6) is 1.15. The van der Waals surface area contributed by atoms with E-state index in [1.807, 2.05) is 37.3 Å². The third-order valence-corrected chi connectivity index (χ3v) is 5.76. The average Bonchev–Trinajstić information content (AvgIpc) is 3.51. The van der Waals surface area contributed by atoms with Crippen molar-refractivity contribution in [3.63, 3.8) is 0 Å². The number of nitrogens with one attached hydrogen (secondary N) is 1. The van der Waals surface area contributed by atoms with Crippen molar-refractivity contribution < 1.29 is 18.4 Å². The molecular formula is C28H23NO4. The second-order valence-electron chi connectivity index (χ2n) is 7.85. The highest BCUT2D eigenvalue weighted by atomic mass is 16.5. The molecule has 1 N–H and O–H groups in total. The van der Waals surface area contributed by atoms with Crippen molar-refractivity contribution in [3.8, 4) is 16.9 Å². The van der Waals surface area contributed by atoms with E-state index >= 15 is 0 Å². The fourth-order valence-corrected chi connectivity index (χ4v) is 4.11. The molecule has 0 aliphatic rings. The van der Waals surface area contributed by atoms with Gasteiger partial charge < -0.3 is 18.9 Å². The number of carbonyl (C=O) groups is 1. The van der Waals surface area contributed by atoms with Gasteiger partial charge in [-0.1, -0.05) is 42.5 Å². The van der Waals surface area contributed by atoms with Crippen LogP contribution in [0.25, 0.3) is 38.4 Å². The number of ether oxygens (including phenoxy) is 1. The van der Waals surface area contributed by atoms with Gasteiger partial charge in [-0.25, -0.2) is 0 Å². The first-order valence-corrected chi connectivity index (χ1v) is 10.7. The molecule has 3 aromatic carbocycles. The molecule has 1 amide bonds. The lowest BCUT2D eigenvalue weighted by atomic mass is 9.96. The van der Waals surface area contributed by atoms with Gasteiger partial charge in [0.2, 0.25) is 5.91 Å². The van der Waals surface area contributed by atoms with E-state index in [1.165, 1.54) is 5.39 Å². The number of hydrogen-bond donors (Lipinski definition) is 1. The van der Waals surface area contributed by atoms with Crippen LogP contribution in [0.3, 0.4) is 0 Å². The van der Waals surface area contributed by atoms with Gasteiger partial charge in [-0.05, 0) is 47.0 Å². The quantitative estimate of drug-likeness (QED) is 0.305. The lowest BCUT2D eigenvalue weighted by Crippen LogP contribution is -2.20. The number of furan rings is 2. The molecule has 5 aromatic rings. The Hall–Kier alpha value is -4.25. The number of amides is 1. The first-order chi connectivity index (χ1) is 16.1. The molecule has 0 fully saturated rings. The van der Waals surface area contributed by atoms with Gasteiger partial charge in [0.05, 0.1) is 26.2 Å². The number of fused-ring (bicyclic) bond motifs is 2. The summed E-state index contributed by atoms with van der Waals surface area (Å²) in [5, 5.41) is 6.13. The SMILES string of the molecule is COc1cc2occ(-c3cccc4ccccc34)c2cc1/C(C)=C/C(=O)NCc1ccco1. The predicted molar refractivity (Wildman–Crippen MR) is 130 cm³/mol. The van der Waals surface area contributed by atoms with Crippen molar-refractivity contribution in [2.24, 2.45) is 0 Å². The highest BCUT2D eigenvalue weighted by Crippen LogP contribution is 2.39. The number of carbonyl (C=O) groups excluding carboxylic acids is 1. The molecular weight excluding hydrogens is 414 g/mol. The first-order valence-electron chi connectivity index (χ1n) is 10.7. The Morgan fingerprint density at radius 1 is 0.970 bits per heavy atom. The summed E-state index contributed by atoms with van der Waals surface area (Å²) in [7, 11) is 1.61. The minimum atomic E-state index is -0.201. The van der Waals surface area contributed by atoms with Crippen molar-refractivity contribution in [1.29, 1.82) is 0 Å². The van der Waals surface area contributed by atoms with Gasteiger partial charge in [0, 0.05) is 28.7 Å². The molecule has 5 heteroatoms. The fraction of sp³-hybridized carbons (Fsp3) is 0.107. The van der Waals surface area contributed by atoms with Crippen molar-refractivity contribution >= 4 is 33.2 Å². The number of benzene rings is 3. The molecule has 0 atom stereocenters. The molecule has 0 saturated carbocycles. The van der Waals surface area contributed by atoms with E-state index in [0.29, 0.717) is 18.1 Å². The third kappa shape index (κ3) is 4.01. The van der Waals surface area contributed by atoms with Crippen LogP contribution in [0.15, 0.2) is 94.2 Å². The van der Waals surface area contributed by atoms with Crippen LogP contribution in [0.2, 0.25) is 0 Å². The highest BCUT2D eigenvalue weighted by Gasteiger charge is 2.16. The average molecular weight is 437 g/mol. The molecule has 2 aromatic heterocycles. The predicted octanol–water partition coefficient (Wildman–Crippen LogP) is 6.57. The number of allylic oxidation sites excluding steroid dienone is 1. The van der Waals surface area contributed by atoms with Crippen molar-refractivity contribution in [2.45, 2.75) is 13.5 Å². The summed E-state index contributed by atoms with van der Waals surface area (Å²) >= 11 is 0. The number of methoxy groups -OCH3 is 1. The smallest absolute Gasteiger partial charge is 0.244 e. The van der Waals surface area contributed by atoms with Crippen molar-refractivity contribution in [3.05, 3.63) is 96.7 Å². The Morgan fingerprint density at radius 2 is 1.82 bits per heavy atom. The molecule has 0 aliphatic heterocycles. The summed E-state index contributed by atoms with van der Waals surface area (Å²) < 4.78 is 16.8. The molecule has 0 bridgehead atoms. The molecule has 0 unspecified atom stereocenters. The van der Waals surface area contributed by atoms with E-state index in [2.05, 4.69) is 35.6 Å². The van der Waals surface area contributed by atoms with Crippen LogP contribution in [-0.4, -0.2) is 13.0 Å². The van der Waals surface area contributed by atoms with Gasteiger partial charge in [-0.2, -0.15) is 0 Å². The molecule has 5 nitrogen and oxygen atoms in total. The lowest BCUT2D eigenvalue weighted by molar-refractivity contribution is -0.116. The van der Waals surface area contributed by atoms with Crippen LogP contribution in [0.4, 0.5) is 0 Å². The largest absolute Gasteiger partial charge is 0.496 e. The zero-order valence-electron chi connectivity index (χ0n) is 18.4. The molecule has 5 rings (SSSR count). The van der Waals surface area contributed by atoms with E-state index in [4.69, 9.17) is 13.6 Å². The summed E-state index contributed by atoms with van der Waals surface area (Å²) in [5.41, 5.74) is 4.45. The van der Waals surface area contributed by atoms with Crippen molar-refractivity contribution in [2.75, 3.05) is 7.11 Å². The Labute approximate surface area is 191 Å². The molecule has 0 radical (unpaired) electrons. The van der Waals surface area contributed by atoms with Gasteiger partial charge in [0.25, 0.3) is 0 Å². The molecule has 0 aliphatic carbocycles.